The van der Waals surface area contributed by atoms with Gasteiger partial charge in [0, 0.05) is 5.75 Å². The van der Waals surface area contributed by atoms with Gasteiger partial charge in [-0.1, -0.05) is 48.2 Å². The summed E-state index contributed by atoms with van der Waals surface area (Å²) < 4.78 is 83.5. The van der Waals surface area contributed by atoms with Crippen LogP contribution in [0.3, 0.4) is 0 Å². The van der Waals surface area contributed by atoms with E-state index >= 15 is 0 Å². The summed E-state index contributed by atoms with van der Waals surface area (Å²) in [5.41, 5.74) is 0.358. The van der Waals surface area contributed by atoms with Gasteiger partial charge in [0.25, 0.3) is 5.22 Å². The molecule has 0 unspecified atom stereocenters. The van der Waals surface area contributed by atoms with Crippen molar-refractivity contribution >= 4 is 22.9 Å². The monoisotopic (exact) mass is 453 g/mol. The summed E-state index contributed by atoms with van der Waals surface area (Å²) in [6.45, 7) is 0. The number of benzene rings is 3. The van der Waals surface area contributed by atoms with Crippen LogP contribution in [0.4, 0.5) is 26.3 Å². The first-order chi connectivity index (χ1) is 14.6. The Balaban J connectivity index is 1.55. The highest BCUT2D eigenvalue weighted by Crippen LogP contribution is 2.38. The van der Waals surface area contributed by atoms with E-state index in [1.165, 1.54) is 48.2 Å². The van der Waals surface area contributed by atoms with Crippen LogP contribution < -0.4 is 0 Å². The van der Waals surface area contributed by atoms with Crippen LogP contribution in [0.2, 0.25) is 0 Å². The van der Waals surface area contributed by atoms with Gasteiger partial charge in [0.2, 0.25) is 0 Å². The maximum atomic E-state index is 13.3. The first-order valence-electron chi connectivity index (χ1n) is 8.97. The fourth-order valence-electron chi connectivity index (χ4n) is 3.05. The molecule has 2 nitrogen and oxygen atoms in total. The van der Waals surface area contributed by atoms with Gasteiger partial charge in [0.05, 0.1) is 11.1 Å². The molecule has 0 amide bonds. The van der Waals surface area contributed by atoms with E-state index in [4.69, 9.17) is 4.42 Å². The summed E-state index contributed by atoms with van der Waals surface area (Å²) in [6.07, 6.45) is -8.88. The van der Waals surface area contributed by atoms with Crippen molar-refractivity contribution in [3.63, 3.8) is 0 Å². The quantitative estimate of drug-likeness (QED) is 0.233. The van der Waals surface area contributed by atoms with Crippen molar-refractivity contribution in [2.75, 3.05) is 0 Å². The number of fused-ring (bicyclic) bond motifs is 1. The Morgan fingerprint density at radius 2 is 1.52 bits per heavy atom. The highest BCUT2D eigenvalue weighted by atomic mass is 32.2. The molecule has 0 spiro atoms. The third-order valence-electron chi connectivity index (χ3n) is 4.56. The lowest BCUT2D eigenvalue weighted by atomic mass is 9.99. The standard InChI is InChI=1S/C22H13F6NOS/c23-21(24,25)15-8-5-13(6-9-15)12-31-20-29-18-10-7-14(11-19(18)30-20)16-3-1-2-4-17(16)22(26,27)28/h1-11H,12H2. The first-order valence-corrected chi connectivity index (χ1v) is 9.96. The van der Waals surface area contributed by atoms with E-state index in [-0.39, 0.29) is 10.8 Å². The van der Waals surface area contributed by atoms with Crippen molar-refractivity contribution in [2.24, 2.45) is 0 Å². The van der Waals surface area contributed by atoms with Gasteiger partial charge in [-0.15, -0.1) is 0 Å². The molecular weight excluding hydrogens is 440 g/mol. The van der Waals surface area contributed by atoms with Crippen LogP contribution in [0.1, 0.15) is 16.7 Å². The molecule has 0 aliphatic rings. The Hall–Kier alpha value is -2.94. The van der Waals surface area contributed by atoms with Gasteiger partial charge >= 0.3 is 12.4 Å². The van der Waals surface area contributed by atoms with E-state index < -0.39 is 23.5 Å². The van der Waals surface area contributed by atoms with Gasteiger partial charge < -0.3 is 4.42 Å². The maximum Gasteiger partial charge on any atom is 0.417 e. The average molecular weight is 453 g/mol. The molecular formula is C22H13F6NOS. The minimum atomic E-state index is -4.49. The van der Waals surface area contributed by atoms with Gasteiger partial charge in [-0.25, -0.2) is 4.98 Å². The van der Waals surface area contributed by atoms with E-state index in [0.717, 1.165) is 18.2 Å². The Morgan fingerprint density at radius 1 is 0.806 bits per heavy atom. The Morgan fingerprint density at radius 3 is 2.19 bits per heavy atom. The van der Waals surface area contributed by atoms with Crippen LogP contribution in [0.15, 0.2) is 76.4 Å². The minimum Gasteiger partial charge on any atom is -0.431 e. The molecule has 1 heterocycles. The molecule has 0 saturated carbocycles. The zero-order chi connectivity index (χ0) is 22.2. The molecule has 4 aromatic rings. The molecule has 0 N–H and O–H groups in total. The normalized spacial score (nSPS) is 12.5. The topological polar surface area (TPSA) is 26.0 Å². The number of halogens is 6. The molecule has 0 aliphatic heterocycles. The number of alkyl halides is 6. The largest absolute Gasteiger partial charge is 0.431 e. The number of hydrogen-bond acceptors (Lipinski definition) is 3. The second kappa shape index (κ2) is 7.96. The number of thioether (sulfide) groups is 1. The van der Waals surface area contributed by atoms with Crippen molar-refractivity contribution < 1.29 is 30.8 Å². The van der Waals surface area contributed by atoms with E-state index in [9.17, 15) is 26.3 Å². The van der Waals surface area contributed by atoms with Crippen LogP contribution in [-0.4, -0.2) is 4.98 Å². The lowest BCUT2D eigenvalue weighted by Gasteiger charge is -2.12. The predicted octanol–water partition coefficient (Wildman–Crippen LogP) is 7.82. The number of aromatic nitrogens is 1. The smallest absolute Gasteiger partial charge is 0.417 e. The van der Waals surface area contributed by atoms with Crippen LogP contribution in [0.25, 0.3) is 22.2 Å². The van der Waals surface area contributed by atoms with Gasteiger partial charge in [-0.2, -0.15) is 26.3 Å². The fraction of sp³-hybridized carbons (Fsp3) is 0.136. The summed E-state index contributed by atoms with van der Waals surface area (Å²) >= 11 is 1.18. The SMILES string of the molecule is FC(F)(F)c1ccc(CSc2nc3ccc(-c4ccccc4C(F)(F)F)cc3o2)cc1. The Bertz CT molecular complexity index is 1210. The van der Waals surface area contributed by atoms with Crippen LogP contribution >= 0.6 is 11.8 Å². The summed E-state index contributed by atoms with van der Waals surface area (Å²) in [5, 5.41) is 0.274. The number of hydrogen-bond donors (Lipinski definition) is 0. The minimum absolute atomic E-state index is 0.0345. The second-order valence-electron chi connectivity index (χ2n) is 6.69. The second-order valence-corrected chi connectivity index (χ2v) is 7.62. The highest BCUT2D eigenvalue weighted by Gasteiger charge is 2.33. The van der Waals surface area contributed by atoms with Gasteiger partial charge in [-0.05, 0) is 47.0 Å². The van der Waals surface area contributed by atoms with E-state index in [1.807, 2.05) is 0 Å². The molecule has 0 aliphatic carbocycles. The van der Waals surface area contributed by atoms with Crippen molar-refractivity contribution in [3.8, 4) is 11.1 Å². The van der Waals surface area contributed by atoms with Crippen molar-refractivity contribution in [2.45, 2.75) is 23.3 Å². The van der Waals surface area contributed by atoms with Gasteiger partial charge in [-0.3, -0.25) is 0 Å². The van der Waals surface area contributed by atoms with Gasteiger partial charge in [0.15, 0.2) is 5.58 Å². The maximum absolute atomic E-state index is 13.3. The molecule has 160 valence electrons. The van der Waals surface area contributed by atoms with Crippen molar-refractivity contribution in [1.82, 2.24) is 4.98 Å². The lowest BCUT2D eigenvalue weighted by Crippen LogP contribution is -2.06. The molecule has 4 rings (SSSR count). The van der Waals surface area contributed by atoms with Crippen LogP contribution in [0.5, 0.6) is 0 Å². The Kier molecular flexibility index (Phi) is 5.47. The van der Waals surface area contributed by atoms with Crippen LogP contribution in [0, 0.1) is 0 Å². The first kappa shape index (κ1) is 21.3. The average Bonchev–Trinajstić information content (AvgIpc) is 3.13. The Labute approximate surface area is 176 Å². The number of rotatable bonds is 4. The summed E-state index contributed by atoms with van der Waals surface area (Å²) in [4.78, 5) is 4.28. The number of nitrogens with zero attached hydrogens (tertiary/aromatic N) is 1. The van der Waals surface area contributed by atoms with Crippen molar-refractivity contribution in [1.29, 1.82) is 0 Å². The molecule has 9 heteroatoms. The number of oxazole rings is 1. The predicted molar refractivity (Wildman–Crippen MR) is 105 cm³/mol. The van der Waals surface area contributed by atoms with E-state index in [0.29, 0.717) is 28.0 Å². The molecule has 1 aromatic heterocycles. The third-order valence-corrected chi connectivity index (χ3v) is 5.46. The fourth-order valence-corrected chi connectivity index (χ4v) is 3.84. The lowest BCUT2D eigenvalue weighted by molar-refractivity contribution is -0.138. The molecule has 0 saturated heterocycles. The molecule has 0 bridgehead atoms. The third kappa shape index (κ3) is 4.71. The molecule has 0 fully saturated rings. The van der Waals surface area contributed by atoms with Gasteiger partial charge in [0.1, 0.15) is 5.52 Å². The summed E-state index contributed by atoms with van der Waals surface area (Å²) in [6, 6.07) is 14.6. The summed E-state index contributed by atoms with van der Waals surface area (Å²) in [5.74, 6) is 0.328. The summed E-state index contributed by atoms with van der Waals surface area (Å²) in [7, 11) is 0. The molecule has 0 atom stereocenters. The van der Waals surface area contributed by atoms with E-state index in [1.54, 1.807) is 12.1 Å². The van der Waals surface area contributed by atoms with Crippen LogP contribution in [-0.2, 0) is 18.1 Å². The molecule has 0 radical (unpaired) electrons. The van der Waals surface area contributed by atoms with Crippen molar-refractivity contribution in [3.05, 3.63) is 83.4 Å². The zero-order valence-corrected chi connectivity index (χ0v) is 16.4. The van der Waals surface area contributed by atoms with E-state index in [2.05, 4.69) is 4.98 Å². The highest BCUT2D eigenvalue weighted by molar-refractivity contribution is 7.98. The molecule has 3 aromatic carbocycles. The molecule has 31 heavy (non-hydrogen) atoms. The zero-order valence-electron chi connectivity index (χ0n) is 15.6.